The van der Waals surface area contributed by atoms with Crippen molar-refractivity contribution in [2.75, 3.05) is 19.0 Å². The molecular formula is C15H18N4O2. The monoisotopic (exact) mass is 286 g/mol. The van der Waals surface area contributed by atoms with Gasteiger partial charge in [0.1, 0.15) is 0 Å². The van der Waals surface area contributed by atoms with E-state index in [0.29, 0.717) is 18.4 Å². The number of aryl methyl sites for hydroxylation is 1. The van der Waals surface area contributed by atoms with Crippen LogP contribution in [-0.2, 0) is 11.3 Å². The lowest BCUT2D eigenvalue weighted by molar-refractivity contribution is -0.119. The van der Waals surface area contributed by atoms with Crippen LogP contribution in [-0.4, -0.2) is 29.5 Å². The first-order valence-corrected chi connectivity index (χ1v) is 6.61. The Morgan fingerprint density at radius 2 is 2.00 bits per heavy atom. The second-order valence-electron chi connectivity index (χ2n) is 4.49. The first kappa shape index (κ1) is 14.8. The summed E-state index contributed by atoms with van der Waals surface area (Å²) in [5, 5.41) is 5.71. The van der Waals surface area contributed by atoms with Crippen LogP contribution >= 0.6 is 0 Å². The molecule has 0 aliphatic rings. The maximum Gasteiger partial charge on any atom is 0.239 e. The minimum absolute atomic E-state index is 0.111. The fraction of sp³-hybridized carbons (Fsp3) is 0.267. The molecule has 21 heavy (non-hydrogen) atoms. The van der Waals surface area contributed by atoms with Gasteiger partial charge in [0, 0.05) is 18.3 Å². The van der Waals surface area contributed by atoms with E-state index in [2.05, 4.69) is 20.6 Å². The van der Waals surface area contributed by atoms with E-state index >= 15 is 0 Å². The van der Waals surface area contributed by atoms with Gasteiger partial charge < -0.3 is 15.4 Å². The van der Waals surface area contributed by atoms with Gasteiger partial charge in [0.2, 0.25) is 17.7 Å². The molecule has 1 heterocycles. The van der Waals surface area contributed by atoms with E-state index in [1.54, 1.807) is 6.07 Å². The topological polar surface area (TPSA) is 76.1 Å². The molecule has 1 aromatic heterocycles. The molecule has 0 bridgehead atoms. The van der Waals surface area contributed by atoms with E-state index in [9.17, 15) is 4.79 Å². The van der Waals surface area contributed by atoms with Gasteiger partial charge in [0.15, 0.2) is 0 Å². The number of ether oxygens (including phenoxy) is 1. The predicted octanol–water partition coefficient (Wildman–Crippen LogP) is 1.52. The molecule has 2 N–H and O–H groups in total. The molecule has 0 aliphatic heterocycles. The molecule has 0 atom stereocenters. The molecule has 0 saturated carbocycles. The Labute approximate surface area is 123 Å². The smallest absolute Gasteiger partial charge is 0.239 e. The fourth-order valence-electron chi connectivity index (χ4n) is 1.74. The average Bonchev–Trinajstić information content (AvgIpc) is 2.51. The first-order valence-electron chi connectivity index (χ1n) is 6.61. The molecule has 6 heteroatoms. The summed E-state index contributed by atoms with van der Waals surface area (Å²) in [6.07, 6.45) is 0. The molecule has 110 valence electrons. The van der Waals surface area contributed by atoms with Crippen LogP contribution < -0.4 is 15.4 Å². The van der Waals surface area contributed by atoms with Crippen LogP contribution in [0.4, 0.5) is 5.95 Å². The van der Waals surface area contributed by atoms with Gasteiger partial charge in [0.25, 0.3) is 0 Å². The molecule has 0 fully saturated rings. The number of hydrogen-bond acceptors (Lipinski definition) is 5. The van der Waals surface area contributed by atoms with Crippen LogP contribution in [0.2, 0.25) is 0 Å². The van der Waals surface area contributed by atoms with Crippen LogP contribution in [0.5, 0.6) is 5.88 Å². The Morgan fingerprint density at radius 3 is 2.71 bits per heavy atom. The third-order valence-electron chi connectivity index (χ3n) is 2.78. The molecule has 6 nitrogen and oxygen atoms in total. The van der Waals surface area contributed by atoms with Gasteiger partial charge in [0.05, 0.1) is 13.7 Å². The molecule has 0 unspecified atom stereocenters. The van der Waals surface area contributed by atoms with Crippen LogP contribution in [0.1, 0.15) is 11.3 Å². The van der Waals surface area contributed by atoms with Crippen molar-refractivity contribution in [2.24, 2.45) is 0 Å². The van der Waals surface area contributed by atoms with Gasteiger partial charge in [-0.05, 0) is 12.5 Å². The van der Waals surface area contributed by atoms with E-state index in [1.807, 2.05) is 37.3 Å². The summed E-state index contributed by atoms with van der Waals surface area (Å²) in [4.78, 5) is 20.1. The molecule has 1 aromatic carbocycles. The van der Waals surface area contributed by atoms with Crippen LogP contribution in [0.3, 0.4) is 0 Å². The Bertz CT molecular complexity index is 602. The summed E-state index contributed by atoms with van der Waals surface area (Å²) in [6.45, 7) is 2.45. The van der Waals surface area contributed by atoms with E-state index in [-0.39, 0.29) is 12.5 Å². The Morgan fingerprint density at radius 1 is 1.24 bits per heavy atom. The molecular weight excluding hydrogens is 268 g/mol. The molecule has 1 amide bonds. The lowest BCUT2D eigenvalue weighted by atomic mass is 10.2. The highest BCUT2D eigenvalue weighted by molar-refractivity contribution is 5.80. The molecule has 0 spiro atoms. The number of anilines is 1. The van der Waals surface area contributed by atoms with Crippen molar-refractivity contribution in [3.63, 3.8) is 0 Å². The third-order valence-corrected chi connectivity index (χ3v) is 2.78. The van der Waals surface area contributed by atoms with Crippen LogP contribution in [0.15, 0.2) is 36.4 Å². The largest absolute Gasteiger partial charge is 0.481 e. The zero-order valence-electron chi connectivity index (χ0n) is 12.1. The zero-order chi connectivity index (χ0) is 15.1. The SMILES string of the molecule is COc1cc(C)nc(NCC(=O)NCc2ccccc2)n1. The minimum Gasteiger partial charge on any atom is -0.481 e. The van der Waals surface area contributed by atoms with Crippen molar-refractivity contribution >= 4 is 11.9 Å². The minimum atomic E-state index is -0.122. The van der Waals surface area contributed by atoms with Gasteiger partial charge in [-0.1, -0.05) is 30.3 Å². The highest BCUT2D eigenvalue weighted by Crippen LogP contribution is 2.10. The summed E-state index contributed by atoms with van der Waals surface area (Å²) < 4.78 is 5.06. The summed E-state index contributed by atoms with van der Waals surface area (Å²) in [5.41, 5.74) is 1.83. The summed E-state index contributed by atoms with van der Waals surface area (Å²) in [5.74, 6) is 0.722. The predicted molar refractivity (Wildman–Crippen MR) is 80.1 cm³/mol. The third kappa shape index (κ3) is 4.76. The number of amides is 1. The van der Waals surface area contributed by atoms with Crippen LogP contribution in [0, 0.1) is 6.92 Å². The van der Waals surface area contributed by atoms with Crippen molar-refractivity contribution in [1.29, 1.82) is 0 Å². The lowest BCUT2D eigenvalue weighted by Crippen LogP contribution is -2.29. The van der Waals surface area contributed by atoms with Gasteiger partial charge in [-0.3, -0.25) is 4.79 Å². The zero-order valence-corrected chi connectivity index (χ0v) is 12.1. The number of hydrogen-bond donors (Lipinski definition) is 2. The number of carbonyl (C=O) groups excluding carboxylic acids is 1. The second kappa shape index (κ2) is 7.23. The Balaban J connectivity index is 1.82. The molecule has 2 rings (SSSR count). The molecule has 2 aromatic rings. The highest BCUT2D eigenvalue weighted by atomic mass is 16.5. The number of nitrogens with zero attached hydrogens (tertiary/aromatic N) is 2. The van der Waals surface area contributed by atoms with Gasteiger partial charge in [-0.25, -0.2) is 4.98 Å². The Kier molecular flexibility index (Phi) is 5.09. The standard InChI is InChI=1S/C15H18N4O2/c1-11-8-14(21-2)19-15(18-11)17-10-13(20)16-9-12-6-4-3-5-7-12/h3-8H,9-10H2,1-2H3,(H,16,20)(H,17,18,19). The number of methoxy groups -OCH3 is 1. The van der Waals surface area contributed by atoms with Crippen LogP contribution in [0.25, 0.3) is 0 Å². The maximum atomic E-state index is 11.8. The van der Waals surface area contributed by atoms with E-state index in [4.69, 9.17) is 4.74 Å². The van der Waals surface area contributed by atoms with Gasteiger partial charge >= 0.3 is 0 Å². The molecule has 0 aliphatic carbocycles. The van der Waals surface area contributed by atoms with Crippen molar-refractivity contribution in [3.05, 3.63) is 47.7 Å². The molecule has 0 radical (unpaired) electrons. The highest BCUT2D eigenvalue weighted by Gasteiger charge is 2.05. The van der Waals surface area contributed by atoms with E-state index in [1.165, 1.54) is 7.11 Å². The average molecular weight is 286 g/mol. The lowest BCUT2D eigenvalue weighted by Gasteiger charge is -2.08. The maximum absolute atomic E-state index is 11.8. The summed E-state index contributed by atoms with van der Waals surface area (Å²) >= 11 is 0. The van der Waals surface area contributed by atoms with Crippen molar-refractivity contribution in [3.8, 4) is 5.88 Å². The first-order chi connectivity index (χ1) is 10.2. The summed E-state index contributed by atoms with van der Waals surface area (Å²) in [6, 6.07) is 11.5. The van der Waals surface area contributed by atoms with Gasteiger partial charge in [-0.2, -0.15) is 4.98 Å². The number of nitrogens with one attached hydrogen (secondary N) is 2. The second-order valence-corrected chi connectivity index (χ2v) is 4.49. The van der Waals surface area contributed by atoms with E-state index < -0.39 is 0 Å². The summed E-state index contributed by atoms with van der Waals surface area (Å²) in [7, 11) is 1.54. The quantitative estimate of drug-likeness (QED) is 0.842. The number of aromatic nitrogens is 2. The number of carbonyl (C=O) groups is 1. The van der Waals surface area contributed by atoms with Gasteiger partial charge in [-0.15, -0.1) is 0 Å². The van der Waals surface area contributed by atoms with Crippen molar-refractivity contribution in [2.45, 2.75) is 13.5 Å². The Hall–Kier alpha value is -2.63. The van der Waals surface area contributed by atoms with Crippen molar-refractivity contribution in [1.82, 2.24) is 15.3 Å². The molecule has 0 saturated heterocycles. The van der Waals surface area contributed by atoms with Crippen molar-refractivity contribution < 1.29 is 9.53 Å². The number of rotatable bonds is 6. The fourth-order valence-corrected chi connectivity index (χ4v) is 1.74. The van der Waals surface area contributed by atoms with E-state index in [0.717, 1.165) is 11.3 Å². The number of benzene rings is 1. The normalized spacial score (nSPS) is 10.0.